The van der Waals surface area contributed by atoms with E-state index in [0.717, 1.165) is 5.56 Å². The van der Waals surface area contributed by atoms with E-state index >= 15 is 0 Å². The number of nitrogens with two attached hydrogens (primary N) is 1. The van der Waals surface area contributed by atoms with E-state index in [-0.39, 0.29) is 5.78 Å². The summed E-state index contributed by atoms with van der Waals surface area (Å²) in [5.74, 6) is -0.691. The van der Waals surface area contributed by atoms with E-state index in [1.54, 1.807) is 30.7 Å². The molecule has 0 spiro atoms. The minimum Gasteiger partial charge on any atom is -0.464 e. The molecule has 0 radical (unpaired) electrons. The highest BCUT2D eigenvalue weighted by Gasteiger charge is 2.28. The number of methoxy groups -OCH3 is 1. The lowest BCUT2D eigenvalue weighted by Gasteiger charge is -2.25. The Kier molecular flexibility index (Phi) is 5.26. The van der Waals surface area contributed by atoms with E-state index in [9.17, 15) is 9.59 Å². The maximum absolute atomic E-state index is 11.8. The second-order valence-electron chi connectivity index (χ2n) is 4.23. The fourth-order valence-electron chi connectivity index (χ4n) is 1.85. The summed E-state index contributed by atoms with van der Waals surface area (Å²) in [6.45, 7) is 5.35. The third-order valence-electron chi connectivity index (χ3n) is 2.88. The van der Waals surface area contributed by atoms with Crippen LogP contribution in [0.4, 0.5) is 0 Å². The van der Waals surface area contributed by atoms with Crippen LogP contribution >= 0.6 is 0 Å². The van der Waals surface area contributed by atoms with Crippen LogP contribution < -0.4 is 5.73 Å². The van der Waals surface area contributed by atoms with Gasteiger partial charge in [-0.05, 0) is 32.4 Å². The first-order valence-electron chi connectivity index (χ1n) is 6.07. The molecule has 0 saturated heterocycles. The maximum atomic E-state index is 11.8. The highest BCUT2D eigenvalue weighted by atomic mass is 16.5. The molecule has 0 aliphatic carbocycles. The van der Waals surface area contributed by atoms with Gasteiger partial charge < -0.3 is 19.8 Å². The first-order valence-corrected chi connectivity index (χ1v) is 6.07. The summed E-state index contributed by atoms with van der Waals surface area (Å²) in [6, 6.07) is 0.917. The summed E-state index contributed by atoms with van der Waals surface area (Å²) in [5, 5.41) is 0. The van der Waals surface area contributed by atoms with Crippen molar-refractivity contribution in [2.24, 2.45) is 5.73 Å². The van der Waals surface area contributed by atoms with Gasteiger partial charge in [-0.15, -0.1) is 0 Å². The Morgan fingerprint density at radius 2 is 2.11 bits per heavy atom. The number of hydrogen-bond donors (Lipinski definition) is 1. The Balaban J connectivity index is 3.23. The SMILES string of the molecule is CCOC(C(N)C(C)=O)n1ccc(C)c1C(=O)OC. The van der Waals surface area contributed by atoms with Gasteiger partial charge in [0.1, 0.15) is 11.7 Å². The summed E-state index contributed by atoms with van der Waals surface area (Å²) in [7, 11) is 1.31. The molecule has 0 aromatic carbocycles. The lowest BCUT2D eigenvalue weighted by atomic mass is 10.2. The number of ether oxygens (including phenoxy) is 2. The average Bonchev–Trinajstić information content (AvgIpc) is 2.75. The minimum atomic E-state index is -0.838. The second kappa shape index (κ2) is 6.49. The molecule has 1 aromatic heterocycles. The summed E-state index contributed by atoms with van der Waals surface area (Å²) < 4.78 is 11.8. The summed E-state index contributed by atoms with van der Waals surface area (Å²) >= 11 is 0. The van der Waals surface area contributed by atoms with Crippen molar-refractivity contribution >= 4 is 11.8 Å². The van der Waals surface area contributed by atoms with Crippen molar-refractivity contribution in [3.8, 4) is 0 Å². The fourth-order valence-corrected chi connectivity index (χ4v) is 1.85. The number of carbonyl (C=O) groups excluding carboxylic acids is 2. The number of ketones is 1. The van der Waals surface area contributed by atoms with Gasteiger partial charge in [-0.1, -0.05) is 0 Å². The molecule has 0 aliphatic rings. The molecular weight excluding hydrogens is 248 g/mol. The Bertz CT molecular complexity index is 467. The fraction of sp³-hybridized carbons (Fsp3) is 0.538. The molecule has 19 heavy (non-hydrogen) atoms. The largest absolute Gasteiger partial charge is 0.464 e. The number of esters is 1. The molecule has 1 aromatic rings. The number of rotatable bonds is 6. The van der Waals surface area contributed by atoms with E-state index in [2.05, 4.69) is 0 Å². The van der Waals surface area contributed by atoms with E-state index in [1.165, 1.54) is 14.0 Å². The van der Waals surface area contributed by atoms with Crippen molar-refractivity contribution in [3.63, 3.8) is 0 Å². The monoisotopic (exact) mass is 268 g/mol. The molecule has 0 aliphatic heterocycles. The van der Waals surface area contributed by atoms with Crippen LogP contribution in [0, 0.1) is 6.92 Å². The molecule has 106 valence electrons. The van der Waals surface area contributed by atoms with Gasteiger partial charge in [0.2, 0.25) is 0 Å². The van der Waals surface area contributed by atoms with E-state index in [1.807, 2.05) is 0 Å². The van der Waals surface area contributed by atoms with Gasteiger partial charge >= 0.3 is 5.97 Å². The molecule has 0 saturated carbocycles. The summed E-state index contributed by atoms with van der Waals surface area (Å²) in [6.07, 6.45) is 0.954. The van der Waals surface area contributed by atoms with Crippen LogP contribution in [0.2, 0.25) is 0 Å². The zero-order valence-electron chi connectivity index (χ0n) is 11.7. The number of aryl methyl sites for hydroxylation is 1. The van der Waals surface area contributed by atoms with Crippen molar-refractivity contribution in [1.82, 2.24) is 4.57 Å². The Hall–Kier alpha value is -1.66. The Labute approximate surface area is 112 Å². The third-order valence-corrected chi connectivity index (χ3v) is 2.88. The van der Waals surface area contributed by atoms with Crippen LogP contribution in [0.15, 0.2) is 12.3 Å². The van der Waals surface area contributed by atoms with Crippen LogP contribution in [-0.4, -0.2) is 36.1 Å². The number of carbonyl (C=O) groups is 2. The van der Waals surface area contributed by atoms with E-state index < -0.39 is 18.2 Å². The Morgan fingerprint density at radius 1 is 1.47 bits per heavy atom. The number of hydrogen-bond acceptors (Lipinski definition) is 5. The highest BCUT2D eigenvalue weighted by molar-refractivity contribution is 5.89. The normalized spacial score (nSPS) is 13.9. The van der Waals surface area contributed by atoms with Crippen molar-refractivity contribution in [2.75, 3.05) is 13.7 Å². The molecular formula is C13H20N2O4. The topological polar surface area (TPSA) is 83.5 Å². The predicted octanol–water partition coefficient (Wildman–Crippen LogP) is 1.03. The summed E-state index contributed by atoms with van der Waals surface area (Å²) in [4.78, 5) is 23.2. The molecule has 6 heteroatoms. The molecule has 1 rings (SSSR count). The smallest absolute Gasteiger partial charge is 0.355 e. The number of aromatic nitrogens is 1. The lowest BCUT2D eigenvalue weighted by Crippen LogP contribution is -2.40. The number of Topliss-reactive ketones (excluding diaryl/α,β-unsaturated/α-hetero) is 1. The van der Waals surface area contributed by atoms with Crippen LogP contribution in [0.5, 0.6) is 0 Å². The van der Waals surface area contributed by atoms with Gasteiger partial charge in [-0.2, -0.15) is 0 Å². The van der Waals surface area contributed by atoms with Crippen LogP contribution in [0.25, 0.3) is 0 Å². The standard InChI is InChI=1S/C13H20N2O4/c1-5-19-12(10(14)9(3)16)15-7-6-8(2)11(15)13(17)18-4/h6-7,10,12H,5,14H2,1-4H3. The average molecular weight is 268 g/mol. The van der Waals surface area contributed by atoms with Crippen LogP contribution in [0.3, 0.4) is 0 Å². The molecule has 0 bridgehead atoms. The third kappa shape index (κ3) is 3.21. The molecule has 6 nitrogen and oxygen atoms in total. The Morgan fingerprint density at radius 3 is 2.58 bits per heavy atom. The van der Waals surface area contributed by atoms with Crippen molar-refractivity contribution in [1.29, 1.82) is 0 Å². The van der Waals surface area contributed by atoms with Crippen LogP contribution in [0.1, 0.15) is 36.1 Å². The van der Waals surface area contributed by atoms with Crippen molar-refractivity contribution in [3.05, 3.63) is 23.5 Å². The van der Waals surface area contributed by atoms with Gasteiger partial charge in [0.15, 0.2) is 12.0 Å². The van der Waals surface area contributed by atoms with Crippen molar-refractivity contribution in [2.45, 2.75) is 33.0 Å². The molecule has 0 amide bonds. The number of nitrogens with zero attached hydrogens (tertiary/aromatic N) is 1. The quantitative estimate of drug-likeness (QED) is 0.779. The lowest BCUT2D eigenvalue weighted by molar-refractivity contribution is -0.124. The molecule has 1 heterocycles. The van der Waals surface area contributed by atoms with Gasteiger partial charge in [0.25, 0.3) is 0 Å². The van der Waals surface area contributed by atoms with Gasteiger partial charge in [0.05, 0.1) is 7.11 Å². The van der Waals surface area contributed by atoms with E-state index in [4.69, 9.17) is 15.2 Å². The first kappa shape index (κ1) is 15.4. The van der Waals surface area contributed by atoms with Gasteiger partial charge in [-0.25, -0.2) is 4.79 Å². The minimum absolute atomic E-state index is 0.208. The summed E-state index contributed by atoms with van der Waals surface area (Å²) in [5.41, 5.74) is 6.94. The highest BCUT2D eigenvalue weighted by Crippen LogP contribution is 2.21. The first-order chi connectivity index (χ1) is 8.93. The molecule has 2 unspecified atom stereocenters. The zero-order chi connectivity index (χ0) is 14.6. The van der Waals surface area contributed by atoms with E-state index in [0.29, 0.717) is 12.3 Å². The molecule has 2 atom stereocenters. The predicted molar refractivity (Wildman–Crippen MR) is 69.8 cm³/mol. The molecule has 0 fully saturated rings. The van der Waals surface area contributed by atoms with Gasteiger partial charge in [0, 0.05) is 12.8 Å². The van der Waals surface area contributed by atoms with Crippen LogP contribution in [-0.2, 0) is 14.3 Å². The zero-order valence-corrected chi connectivity index (χ0v) is 11.7. The molecule has 2 N–H and O–H groups in total. The second-order valence-corrected chi connectivity index (χ2v) is 4.23. The maximum Gasteiger partial charge on any atom is 0.355 e. The van der Waals surface area contributed by atoms with Crippen molar-refractivity contribution < 1.29 is 19.1 Å². The van der Waals surface area contributed by atoms with Gasteiger partial charge in [-0.3, -0.25) is 4.79 Å².